The Morgan fingerprint density at radius 3 is 2.37 bits per heavy atom. The minimum absolute atomic E-state index is 0.167. The van der Waals surface area contributed by atoms with Crippen molar-refractivity contribution in [3.05, 3.63) is 74.7 Å². The number of pyridine rings is 1. The summed E-state index contributed by atoms with van der Waals surface area (Å²) in [5.74, 6) is -4.32. The van der Waals surface area contributed by atoms with Gasteiger partial charge < -0.3 is 29.4 Å². The van der Waals surface area contributed by atoms with E-state index in [0.717, 1.165) is 7.11 Å². The second-order valence-corrected chi connectivity index (χ2v) is 10.8. The summed E-state index contributed by atoms with van der Waals surface area (Å²) < 4.78 is 87.2. The second kappa shape index (κ2) is 13.8. The number of anilines is 1. The first-order valence-electron chi connectivity index (χ1n) is 14.4. The zero-order valence-corrected chi connectivity index (χ0v) is 25.9. The van der Waals surface area contributed by atoms with E-state index in [2.05, 4.69) is 5.32 Å². The first-order valence-corrected chi connectivity index (χ1v) is 14.4. The molecule has 0 saturated carbocycles. The molecule has 1 aliphatic rings. The van der Waals surface area contributed by atoms with Crippen molar-refractivity contribution in [1.29, 1.82) is 0 Å². The van der Waals surface area contributed by atoms with E-state index < -0.39 is 59.4 Å². The van der Waals surface area contributed by atoms with E-state index in [1.165, 1.54) is 18.6 Å². The average Bonchev–Trinajstić information content (AvgIpc) is 3.01. The molecule has 0 saturated heterocycles. The molecule has 1 aromatic heterocycles. The molecule has 0 spiro atoms. The Labute approximate surface area is 261 Å². The number of benzene rings is 2. The van der Waals surface area contributed by atoms with Gasteiger partial charge in [0.05, 0.1) is 26.4 Å². The summed E-state index contributed by atoms with van der Waals surface area (Å²) in [6, 6.07) is 2.71. The molecule has 0 aliphatic carbocycles. The number of methoxy groups -OCH3 is 2. The van der Waals surface area contributed by atoms with Gasteiger partial charge in [-0.15, -0.1) is 0 Å². The third kappa shape index (κ3) is 6.95. The van der Waals surface area contributed by atoms with Crippen molar-refractivity contribution in [2.45, 2.75) is 57.8 Å². The maximum atomic E-state index is 15.0. The molecular weight excluding hydrogens is 617 g/mol. The number of halogens is 5. The van der Waals surface area contributed by atoms with Crippen LogP contribution in [0.1, 0.15) is 46.9 Å². The number of hydrogen-bond donors (Lipinski definition) is 2. The molecule has 2 heterocycles. The van der Waals surface area contributed by atoms with Gasteiger partial charge in [0.15, 0.2) is 0 Å². The predicted molar refractivity (Wildman–Crippen MR) is 159 cm³/mol. The monoisotopic (exact) mass is 651 g/mol. The Morgan fingerprint density at radius 1 is 1.11 bits per heavy atom. The molecule has 1 aliphatic heterocycles. The fourth-order valence-corrected chi connectivity index (χ4v) is 5.40. The van der Waals surface area contributed by atoms with Crippen molar-refractivity contribution in [2.24, 2.45) is 7.05 Å². The molecule has 0 fully saturated rings. The standard InChI is InChI=1S/C32H34F5N3O6/c1-6-25(32(35,36)37)38-18-14-21(33)27(22(34)15-18)29(41)39-23(31(43)45-5)13-17-9-10-20(28-19(17)8-7-11-46-28)26-24(44-4)12-16(2)40(3)30(26)42/h9-10,12,14-15,23,25,38H,6-8,11,13H2,1-5H3,(H,39,41)/t23-,25+/m0/s1. The van der Waals surface area contributed by atoms with E-state index in [4.69, 9.17) is 14.2 Å². The van der Waals surface area contributed by atoms with Crippen LogP contribution in [0.3, 0.4) is 0 Å². The van der Waals surface area contributed by atoms with E-state index in [9.17, 15) is 36.3 Å². The summed E-state index contributed by atoms with van der Waals surface area (Å²) in [6.45, 7) is 3.38. The second-order valence-electron chi connectivity index (χ2n) is 10.8. The van der Waals surface area contributed by atoms with Crippen LogP contribution in [0.5, 0.6) is 11.5 Å². The van der Waals surface area contributed by atoms with E-state index >= 15 is 0 Å². The van der Waals surface area contributed by atoms with E-state index in [1.54, 1.807) is 32.2 Å². The van der Waals surface area contributed by atoms with Crippen LogP contribution >= 0.6 is 0 Å². The van der Waals surface area contributed by atoms with E-state index in [0.29, 0.717) is 65.5 Å². The van der Waals surface area contributed by atoms with Gasteiger partial charge in [0.1, 0.15) is 40.8 Å². The van der Waals surface area contributed by atoms with Gasteiger partial charge in [-0.2, -0.15) is 13.2 Å². The number of amides is 1. The largest absolute Gasteiger partial charge is 0.496 e. The van der Waals surface area contributed by atoms with Crippen molar-refractivity contribution in [1.82, 2.24) is 9.88 Å². The van der Waals surface area contributed by atoms with Crippen LogP contribution < -0.4 is 25.7 Å². The number of nitrogens with one attached hydrogen (secondary N) is 2. The first kappa shape index (κ1) is 34.3. The highest BCUT2D eigenvalue weighted by Crippen LogP contribution is 2.41. The van der Waals surface area contributed by atoms with Crippen LogP contribution in [0.25, 0.3) is 11.1 Å². The molecule has 14 heteroatoms. The summed E-state index contributed by atoms with van der Waals surface area (Å²) in [6.07, 6.45) is -4.12. The Balaban J connectivity index is 1.67. The minimum Gasteiger partial charge on any atom is -0.496 e. The quantitative estimate of drug-likeness (QED) is 0.228. The normalized spacial score (nSPS) is 14.0. The molecular formula is C32H34F5N3O6. The van der Waals surface area contributed by atoms with E-state index in [-0.39, 0.29) is 17.5 Å². The molecule has 0 radical (unpaired) electrons. The topological polar surface area (TPSA) is 108 Å². The molecule has 2 atom stereocenters. The number of hydrogen-bond acceptors (Lipinski definition) is 7. The van der Waals surface area contributed by atoms with Crippen LogP contribution in [-0.2, 0) is 29.4 Å². The number of aryl methyl sites for hydroxylation is 1. The molecule has 248 valence electrons. The molecule has 9 nitrogen and oxygen atoms in total. The number of carbonyl (C=O) groups excluding carboxylic acids is 2. The SMILES string of the molecule is CC[C@@H](Nc1cc(F)c(C(=O)N[C@@H](Cc2ccc(-c3c(OC)cc(C)n(C)c3=O)c3c2CCCO3)C(=O)OC)c(F)c1)C(F)(F)F. The maximum Gasteiger partial charge on any atom is 0.408 e. The van der Waals surface area contributed by atoms with Gasteiger partial charge in [-0.05, 0) is 49.4 Å². The zero-order chi connectivity index (χ0) is 33.9. The van der Waals surface area contributed by atoms with Crippen LogP contribution in [0.15, 0.2) is 35.1 Å². The Bertz CT molecular complexity index is 1680. The van der Waals surface area contributed by atoms with Crippen molar-refractivity contribution in [2.75, 3.05) is 26.1 Å². The molecule has 2 N–H and O–H groups in total. The number of nitrogens with zero attached hydrogens (tertiary/aromatic N) is 1. The summed E-state index contributed by atoms with van der Waals surface area (Å²) >= 11 is 0. The number of ether oxygens (including phenoxy) is 3. The molecule has 1 amide bonds. The van der Waals surface area contributed by atoms with Gasteiger partial charge in [0.2, 0.25) is 0 Å². The van der Waals surface area contributed by atoms with Crippen LogP contribution in [0.4, 0.5) is 27.6 Å². The number of aromatic nitrogens is 1. The summed E-state index contributed by atoms with van der Waals surface area (Å²) in [4.78, 5) is 39.1. The number of esters is 1. The number of rotatable bonds is 10. The molecule has 46 heavy (non-hydrogen) atoms. The summed E-state index contributed by atoms with van der Waals surface area (Å²) in [7, 11) is 4.16. The van der Waals surface area contributed by atoms with Crippen LogP contribution in [0, 0.1) is 18.6 Å². The predicted octanol–water partition coefficient (Wildman–Crippen LogP) is 5.24. The minimum atomic E-state index is -4.67. The summed E-state index contributed by atoms with van der Waals surface area (Å²) in [5, 5.41) is 4.32. The van der Waals surface area contributed by atoms with Crippen molar-refractivity contribution >= 4 is 17.6 Å². The van der Waals surface area contributed by atoms with Gasteiger partial charge in [-0.25, -0.2) is 13.6 Å². The Hall–Kier alpha value is -4.62. The third-order valence-electron chi connectivity index (χ3n) is 7.93. The highest BCUT2D eigenvalue weighted by atomic mass is 19.4. The van der Waals surface area contributed by atoms with Gasteiger partial charge in [-0.3, -0.25) is 9.59 Å². The molecule has 2 aromatic carbocycles. The van der Waals surface area contributed by atoms with Gasteiger partial charge in [-0.1, -0.05) is 19.1 Å². The van der Waals surface area contributed by atoms with Crippen molar-refractivity contribution in [3.63, 3.8) is 0 Å². The smallest absolute Gasteiger partial charge is 0.408 e. The molecule has 4 rings (SSSR count). The van der Waals surface area contributed by atoms with Gasteiger partial charge in [0, 0.05) is 36.5 Å². The summed E-state index contributed by atoms with van der Waals surface area (Å²) in [5.41, 5.74) is 0.753. The Morgan fingerprint density at radius 2 is 1.78 bits per heavy atom. The van der Waals surface area contributed by atoms with Crippen LogP contribution in [-0.4, -0.2) is 55.5 Å². The van der Waals surface area contributed by atoms with Crippen molar-refractivity contribution in [3.8, 4) is 22.6 Å². The highest BCUT2D eigenvalue weighted by molar-refractivity contribution is 5.97. The number of fused-ring (bicyclic) bond motifs is 1. The highest BCUT2D eigenvalue weighted by Gasteiger charge is 2.38. The lowest BCUT2D eigenvalue weighted by Crippen LogP contribution is -2.44. The molecule has 3 aromatic rings. The number of alkyl halides is 3. The lowest BCUT2D eigenvalue weighted by molar-refractivity contribution is -0.143. The fraction of sp³-hybridized carbons (Fsp3) is 0.406. The van der Waals surface area contributed by atoms with Gasteiger partial charge >= 0.3 is 12.1 Å². The average molecular weight is 652 g/mol. The Kier molecular flexibility index (Phi) is 10.3. The number of carbonyl (C=O) groups is 2. The molecule has 0 bridgehead atoms. The maximum absolute atomic E-state index is 15.0. The zero-order valence-electron chi connectivity index (χ0n) is 25.9. The van der Waals surface area contributed by atoms with Crippen LogP contribution in [0.2, 0.25) is 0 Å². The first-order chi connectivity index (χ1) is 21.7. The van der Waals surface area contributed by atoms with Gasteiger partial charge in [0.25, 0.3) is 11.5 Å². The molecule has 0 unspecified atom stereocenters. The van der Waals surface area contributed by atoms with Crippen molar-refractivity contribution < 1.29 is 45.8 Å². The fourth-order valence-electron chi connectivity index (χ4n) is 5.40. The van der Waals surface area contributed by atoms with E-state index in [1.807, 2.05) is 5.32 Å². The lowest BCUT2D eigenvalue weighted by Gasteiger charge is -2.26. The lowest BCUT2D eigenvalue weighted by atomic mass is 9.90. The third-order valence-corrected chi connectivity index (χ3v) is 7.93.